The first kappa shape index (κ1) is 8.52. The van der Waals surface area contributed by atoms with Crippen LogP contribution in [0, 0.1) is 5.41 Å². The lowest BCUT2D eigenvalue weighted by atomic mass is 9.60. The van der Waals surface area contributed by atoms with Gasteiger partial charge in [-0.05, 0) is 32.1 Å². The Morgan fingerprint density at radius 1 is 1.17 bits per heavy atom. The van der Waals surface area contributed by atoms with E-state index in [2.05, 4.69) is 0 Å². The van der Waals surface area contributed by atoms with Gasteiger partial charge in [0.25, 0.3) is 0 Å². The summed E-state index contributed by atoms with van der Waals surface area (Å²) in [4.78, 5) is 0. The molecule has 2 rings (SSSR count). The van der Waals surface area contributed by atoms with Crippen molar-refractivity contribution >= 4 is 0 Å². The van der Waals surface area contributed by atoms with Crippen molar-refractivity contribution in [2.75, 3.05) is 13.7 Å². The summed E-state index contributed by atoms with van der Waals surface area (Å²) in [7, 11) is 1.68. The van der Waals surface area contributed by atoms with Crippen LogP contribution in [0.4, 0.5) is 0 Å². The van der Waals surface area contributed by atoms with Crippen molar-refractivity contribution in [3.05, 3.63) is 0 Å². The maximum atomic E-state index is 10.3. The molecule has 0 aromatic carbocycles. The molecule has 2 nitrogen and oxygen atoms in total. The van der Waals surface area contributed by atoms with Crippen molar-refractivity contribution in [2.24, 2.45) is 5.41 Å². The summed E-state index contributed by atoms with van der Waals surface area (Å²) in [5.74, 6) is 0. The van der Waals surface area contributed by atoms with Gasteiger partial charge in [-0.1, -0.05) is 6.42 Å². The van der Waals surface area contributed by atoms with E-state index >= 15 is 0 Å². The molecule has 0 aromatic rings. The fraction of sp³-hybridized carbons (Fsp3) is 1.00. The summed E-state index contributed by atoms with van der Waals surface area (Å²) < 4.78 is 5.11. The Kier molecular flexibility index (Phi) is 1.92. The van der Waals surface area contributed by atoms with Crippen LogP contribution in [0.1, 0.15) is 38.5 Å². The predicted octanol–water partition coefficient (Wildman–Crippen LogP) is 1.72. The van der Waals surface area contributed by atoms with Crippen molar-refractivity contribution < 1.29 is 9.84 Å². The topological polar surface area (TPSA) is 29.5 Å². The molecule has 0 heterocycles. The van der Waals surface area contributed by atoms with Gasteiger partial charge in [-0.15, -0.1) is 0 Å². The van der Waals surface area contributed by atoms with Gasteiger partial charge in [-0.25, -0.2) is 0 Å². The molecule has 2 heteroatoms. The van der Waals surface area contributed by atoms with Crippen molar-refractivity contribution in [3.8, 4) is 0 Å². The van der Waals surface area contributed by atoms with E-state index in [9.17, 15) is 5.11 Å². The predicted molar refractivity (Wildman–Crippen MR) is 47.0 cm³/mol. The molecule has 2 aliphatic carbocycles. The summed E-state index contributed by atoms with van der Waals surface area (Å²) in [5, 5.41) is 10.3. The van der Waals surface area contributed by atoms with Crippen LogP contribution >= 0.6 is 0 Å². The zero-order valence-electron chi connectivity index (χ0n) is 7.81. The molecule has 70 valence electrons. The number of hydrogen-bond donors (Lipinski definition) is 1. The van der Waals surface area contributed by atoms with Gasteiger partial charge in [0.2, 0.25) is 0 Å². The van der Waals surface area contributed by atoms with Crippen LogP contribution in [0.5, 0.6) is 0 Å². The standard InChI is InChI=1S/C10H18O2/c1-12-8-10(11)7-3-6-9(10)4-2-5-9/h11H,2-8H2,1H3. The smallest absolute Gasteiger partial charge is 0.0935 e. The Balaban J connectivity index is 2.11. The van der Waals surface area contributed by atoms with Crippen LogP contribution < -0.4 is 0 Å². The maximum Gasteiger partial charge on any atom is 0.0935 e. The molecule has 0 radical (unpaired) electrons. The molecule has 12 heavy (non-hydrogen) atoms. The molecule has 1 spiro atoms. The Labute approximate surface area is 73.9 Å². The monoisotopic (exact) mass is 170 g/mol. The molecule has 0 bridgehead atoms. The Hall–Kier alpha value is -0.0800. The van der Waals surface area contributed by atoms with Crippen molar-refractivity contribution in [1.82, 2.24) is 0 Å². The third-order valence-electron chi connectivity index (χ3n) is 3.93. The normalized spacial score (nSPS) is 38.5. The van der Waals surface area contributed by atoms with Crippen LogP contribution in [-0.2, 0) is 4.74 Å². The molecular weight excluding hydrogens is 152 g/mol. The second kappa shape index (κ2) is 2.71. The lowest BCUT2D eigenvalue weighted by molar-refractivity contribution is -0.138. The highest BCUT2D eigenvalue weighted by Gasteiger charge is 2.56. The van der Waals surface area contributed by atoms with Gasteiger partial charge >= 0.3 is 0 Å². The van der Waals surface area contributed by atoms with E-state index in [1.165, 1.54) is 32.1 Å². The first-order valence-corrected chi connectivity index (χ1v) is 4.94. The molecule has 1 unspecified atom stereocenters. The van der Waals surface area contributed by atoms with Gasteiger partial charge in [-0.3, -0.25) is 0 Å². The van der Waals surface area contributed by atoms with Gasteiger partial charge in [0, 0.05) is 12.5 Å². The summed E-state index contributed by atoms with van der Waals surface area (Å²) in [6, 6.07) is 0. The summed E-state index contributed by atoms with van der Waals surface area (Å²) in [5.41, 5.74) is -0.233. The van der Waals surface area contributed by atoms with Crippen LogP contribution in [0.2, 0.25) is 0 Å². The van der Waals surface area contributed by atoms with E-state index in [-0.39, 0.29) is 5.41 Å². The van der Waals surface area contributed by atoms with E-state index in [1.54, 1.807) is 7.11 Å². The molecular formula is C10H18O2. The number of methoxy groups -OCH3 is 1. The van der Waals surface area contributed by atoms with Crippen LogP contribution in [0.15, 0.2) is 0 Å². The molecule has 0 saturated heterocycles. The number of hydrogen-bond acceptors (Lipinski definition) is 2. The molecule has 2 aliphatic rings. The van der Waals surface area contributed by atoms with E-state index in [0.29, 0.717) is 6.61 Å². The molecule has 1 N–H and O–H groups in total. The molecule has 0 amide bonds. The molecule has 2 saturated carbocycles. The third kappa shape index (κ3) is 0.944. The second-order valence-corrected chi connectivity index (χ2v) is 4.45. The maximum absolute atomic E-state index is 10.3. The minimum atomic E-state index is -0.486. The lowest BCUT2D eigenvalue weighted by Crippen LogP contribution is -2.51. The summed E-state index contributed by atoms with van der Waals surface area (Å²) in [6.45, 7) is 0.535. The second-order valence-electron chi connectivity index (χ2n) is 4.45. The third-order valence-corrected chi connectivity index (χ3v) is 3.93. The van der Waals surface area contributed by atoms with Crippen molar-refractivity contribution in [2.45, 2.75) is 44.1 Å². The highest BCUT2D eigenvalue weighted by Crippen LogP contribution is 2.58. The highest BCUT2D eigenvalue weighted by atomic mass is 16.5. The largest absolute Gasteiger partial charge is 0.387 e. The van der Waals surface area contributed by atoms with E-state index in [1.807, 2.05) is 0 Å². The average Bonchev–Trinajstić information content (AvgIpc) is 2.26. The van der Waals surface area contributed by atoms with Crippen LogP contribution in [0.25, 0.3) is 0 Å². The van der Waals surface area contributed by atoms with E-state index in [4.69, 9.17) is 4.74 Å². The SMILES string of the molecule is COCC1(O)CCCC12CCC2. The van der Waals surface area contributed by atoms with E-state index in [0.717, 1.165) is 6.42 Å². The van der Waals surface area contributed by atoms with Gasteiger partial charge in [0.1, 0.15) is 0 Å². The molecule has 1 atom stereocenters. The first-order valence-electron chi connectivity index (χ1n) is 4.94. The average molecular weight is 170 g/mol. The zero-order valence-corrected chi connectivity index (χ0v) is 7.81. The van der Waals surface area contributed by atoms with Crippen LogP contribution in [-0.4, -0.2) is 24.4 Å². The highest BCUT2D eigenvalue weighted by molar-refractivity contribution is 5.07. The summed E-state index contributed by atoms with van der Waals surface area (Å²) >= 11 is 0. The molecule has 0 aromatic heterocycles. The Morgan fingerprint density at radius 2 is 1.75 bits per heavy atom. The Morgan fingerprint density at radius 3 is 2.25 bits per heavy atom. The minimum absolute atomic E-state index is 0.253. The van der Waals surface area contributed by atoms with Gasteiger partial charge < -0.3 is 9.84 Å². The number of rotatable bonds is 2. The fourth-order valence-electron chi connectivity index (χ4n) is 3.00. The van der Waals surface area contributed by atoms with E-state index < -0.39 is 5.60 Å². The molecule has 2 fully saturated rings. The lowest BCUT2D eigenvalue weighted by Gasteiger charge is -2.48. The quantitative estimate of drug-likeness (QED) is 0.683. The minimum Gasteiger partial charge on any atom is -0.387 e. The van der Waals surface area contributed by atoms with Gasteiger partial charge in [-0.2, -0.15) is 0 Å². The summed E-state index contributed by atoms with van der Waals surface area (Å²) in [6.07, 6.45) is 7.07. The van der Waals surface area contributed by atoms with Crippen molar-refractivity contribution in [1.29, 1.82) is 0 Å². The number of ether oxygens (including phenoxy) is 1. The van der Waals surface area contributed by atoms with Crippen LogP contribution in [0.3, 0.4) is 0 Å². The number of aliphatic hydroxyl groups is 1. The Bertz CT molecular complexity index is 175. The zero-order chi connectivity index (χ0) is 8.66. The first-order chi connectivity index (χ1) is 5.72. The van der Waals surface area contributed by atoms with Crippen molar-refractivity contribution in [3.63, 3.8) is 0 Å². The molecule has 0 aliphatic heterocycles. The fourth-order valence-corrected chi connectivity index (χ4v) is 3.00. The van der Waals surface area contributed by atoms with Gasteiger partial charge in [0.15, 0.2) is 0 Å². The van der Waals surface area contributed by atoms with Gasteiger partial charge in [0.05, 0.1) is 12.2 Å².